The molecule has 0 bridgehead atoms. The molecule has 0 unspecified atom stereocenters. The van der Waals surface area contributed by atoms with Crippen LogP contribution in [0.1, 0.15) is 28.6 Å². The van der Waals surface area contributed by atoms with Gasteiger partial charge in [0.1, 0.15) is 16.9 Å². The molecule has 1 aromatic heterocycles. The van der Waals surface area contributed by atoms with Crippen molar-refractivity contribution in [3.05, 3.63) is 59.4 Å². The quantitative estimate of drug-likeness (QED) is 0.683. The zero-order chi connectivity index (χ0) is 18.9. The second-order valence-corrected chi connectivity index (χ2v) is 7.52. The minimum Gasteiger partial charge on any atom is -0.462 e. The third-order valence-corrected chi connectivity index (χ3v) is 5.37. The molecule has 0 atom stereocenters. The normalized spacial score (nSPS) is 11.5. The molecule has 0 saturated heterocycles. The van der Waals surface area contributed by atoms with E-state index in [0.717, 1.165) is 0 Å². The van der Waals surface area contributed by atoms with Gasteiger partial charge in [-0.1, -0.05) is 18.2 Å². The van der Waals surface area contributed by atoms with Gasteiger partial charge < -0.3 is 9.15 Å². The van der Waals surface area contributed by atoms with Crippen LogP contribution < -0.4 is 4.72 Å². The molecule has 0 aliphatic rings. The SMILES string of the molecule is CCOC(=O)c1c(C)oc2cc(C)c(NS(=O)(=O)c3ccccc3)cc12. The summed E-state index contributed by atoms with van der Waals surface area (Å²) in [6.45, 7) is 5.41. The maximum Gasteiger partial charge on any atom is 0.342 e. The van der Waals surface area contributed by atoms with E-state index in [9.17, 15) is 13.2 Å². The number of hydrogen-bond acceptors (Lipinski definition) is 5. The van der Waals surface area contributed by atoms with E-state index in [1.54, 1.807) is 51.1 Å². The number of benzene rings is 2. The number of furan rings is 1. The van der Waals surface area contributed by atoms with Gasteiger partial charge in [0.15, 0.2) is 0 Å². The first-order valence-corrected chi connectivity index (χ1v) is 9.60. The molecule has 136 valence electrons. The van der Waals surface area contributed by atoms with Crippen molar-refractivity contribution < 1.29 is 22.4 Å². The minimum atomic E-state index is -3.74. The van der Waals surface area contributed by atoms with Crippen LogP contribution in [0.15, 0.2) is 51.8 Å². The number of aryl methyl sites for hydroxylation is 2. The molecule has 3 rings (SSSR count). The number of ether oxygens (including phenoxy) is 1. The van der Waals surface area contributed by atoms with Crippen LogP contribution >= 0.6 is 0 Å². The van der Waals surface area contributed by atoms with Gasteiger partial charge in [0.05, 0.1) is 17.2 Å². The van der Waals surface area contributed by atoms with Gasteiger partial charge in [-0.3, -0.25) is 4.72 Å². The number of nitrogens with one attached hydrogen (secondary N) is 1. The highest BCUT2D eigenvalue weighted by Gasteiger charge is 2.22. The van der Waals surface area contributed by atoms with Crippen molar-refractivity contribution in [2.75, 3.05) is 11.3 Å². The Morgan fingerprint density at radius 2 is 1.85 bits per heavy atom. The Balaban J connectivity index is 2.08. The van der Waals surface area contributed by atoms with E-state index < -0.39 is 16.0 Å². The zero-order valence-electron chi connectivity index (χ0n) is 14.7. The number of carbonyl (C=O) groups excluding carboxylic acids is 1. The number of sulfonamides is 1. The van der Waals surface area contributed by atoms with E-state index in [4.69, 9.17) is 9.15 Å². The Hall–Kier alpha value is -2.80. The topological polar surface area (TPSA) is 85.6 Å². The molecule has 0 saturated carbocycles. The van der Waals surface area contributed by atoms with Crippen LogP contribution in [-0.4, -0.2) is 21.0 Å². The molecule has 0 spiro atoms. The van der Waals surface area contributed by atoms with Crippen molar-refractivity contribution in [1.82, 2.24) is 0 Å². The molecule has 6 nitrogen and oxygen atoms in total. The Morgan fingerprint density at radius 3 is 2.50 bits per heavy atom. The van der Waals surface area contributed by atoms with Crippen molar-refractivity contribution in [2.24, 2.45) is 0 Å². The van der Waals surface area contributed by atoms with Crippen LogP contribution in [-0.2, 0) is 14.8 Å². The van der Waals surface area contributed by atoms with Crippen LogP contribution in [0.2, 0.25) is 0 Å². The van der Waals surface area contributed by atoms with Crippen molar-refractivity contribution in [3.63, 3.8) is 0 Å². The van der Waals surface area contributed by atoms with Crippen molar-refractivity contribution in [1.29, 1.82) is 0 Å². The van der Waals surface area contributed by atoms with Crippen molar-refractivity contribution >= 4 is 32.6 Å². The summed E-state index contributed by atoms with van der Waals surface area (Å²) in [5.74, 6) is -0.0645. The first-order valence-electron chi connectivity index (χ1n) is 8.12. The number of carbonyl (C=O) groups is 1. The lowest BCUT2D eigenvalue weighted by Crippen LogP contribution is -2.13. The van der Waals surface area contributed by atoms with Crippen molar-refractivity contribution in [2.45, 2.75) is 25.7 Å². The molecule has 3 aromatic rings. The third kappa shape index (κ3) is 3.30. The lowest BCUT2D eigenvalue weighted by atomic mass is 10.1. The average molecular weight is 373 g/mol. The summed E-state index contributed by atoms with van der Waals surface area (Å²) in [6, 6.07) is 11.4. The molecule has 26 heavy (non-hydrogen) atoms. The fraction of sp³-hybridized carbons (Fsp3) is 0.211. The van der Waals surface area contributed by atoms with E-state index in [-0.39, 0.29) is 11.5 Å². The van der Waals surface area contributed by atoms with Gasteiger partial charge in [0.2, 0.25) is 0 Å². The highest BCUT2D eigenvalue weighted by atomic mass is 32.2. The number of fused-ring (bicyclic) bond motifs is 1. The van der Waals surface area contributed by atoms with Gasteiger partial charge in [0.25, 0.3) is 10.0 Å². The highest BCUT2D eigenvalue weighted by Crippen LogP contribution is 2.32. The predicted octanol–water partition coefficient (Wildman–Crippen LogP) is 4.03. The molecule has 2 aromatic carbocycles. The van der Waals surface area contributed by atoms with Crippen molar-refractivity contribution in [3.8, 4) is 0 Å². The summed E-state index contributed by atoms with van der Waals surface area (Å²) in [7, 11) is -3.74. The number of hydrogen-bond donors (Lipinski definition) is 1. The molecule has 1 N–H and O–H groups in total. The number of rotatable bonds is 5. The van der Waals surface area contributed by atoms with E-state index in [2.05, 4.69) is 4.72 Å². The summed E-state index contributed by atoms with van der Waals surface area (Å²) in [5.41, 5.74) is 1.88. The first-order chi connectivity index (χ1) is 12.3. The summed E-state index contributed by atoms with van der Waals surface area (Å²) in [6.07, 6.45) is 0. The van der Waals surface area contributed by atoms with Gasteiger partial charge in [-0.25, -0.2) is 13.2 Å². The largest absolute Gasteiger partial charge is 0.462 e. The van der Waals surface area contributed by atoms with Gasteiger partial charge in [0, 0.05) is 5.39 Å². The summed E-state index contributed by atoms with van der Waals surface area (Å²) in [4.78, 5) is 12.4. The van der Waals surface area contributed by atoms with Crippen LogP contribution in [0.4, 0.5) is 5.69 Å². The molecular weight excluding hydrogens is 354 g/mol. The van der Waals surface area contributed by atoms with Crippen LogP contribution in [0.3, 0.4) is 0 Å². The van der Waals surface area contributed by atoms with Crippen LogP contribution in [0.25, 0.3) is 11.0 Å². The first kappa shape index (κ1) is 18.0. The Labute approximate surface area is 151 Å². The third-order valence-electron chi connectivity index (χ3n) is 3.99. The standard InChI is InChI=1S/C19H19NO5S/c1-4-24-19(21)18-13(3)25-17-10-12(2)16(11-15(17)18)20-26(22,23)14-8-6-5-7-9-14/h5-11,20H,4H2,1-3H3. The predicted molar refractivity (Wildman–Crippen MR) is 98.9 cm³/mol. The second kappa shape index (κ2) is 6.84. The molecule has 7 heteroatoms. The fourth-order valence-corrected chi connectivity index (χ4v) is 3.88. The maximum atomic E-state index is 12.6. The van der Waals surface area contributed by atoms with Gasteiger partial charge in [-0.2, -0.15) is 0 Å². The molecule has 0 radical (unpaired) electrons. The summed E-state index contributed by atoms with van der Waals surface area (Å²) >= 11 is 0. The Morgan fingerprint density at radius 1 is 1.15 bits per heavy atom. The highest BCUT2D eigenvalue weighted by molar-refractivity contribution is 7.92. The Kier molecular flexibility index (Phi) is 4.73. The molecule has 0 aliphatic carbocycles. The second-order valence-electron chi connectivity index (χ2n) is 5.84. The minimum absolute atomic E-state index is 0.161. The number of anilines is 1. The van der Waals surface area contributed by atoms with Crippen LogP contribution in [0, 0.1) is 13.8 Å². The average Bonchev–Trinajstić information content (AvgIpc) is 2.91. The fourth-order valence-electron chi connectivity index (χ4n) is 2.74. The Bertz CT molecular complexity index is 1070. The van der Waals surface area contributed by atoms with Crippen LogP contribution in [0.5, 0.6) is 0 Å². The van der Waals surface area contributed by atoms with Gasteiger partial charge >= 0.3 is 5.97 Å². The van der Waals surface area contributed by atoms with E-state index in [0.29, 0.717) is 33.5 Å². The molecule has 0 fully saturated rings. The van der Waals surface area contributed by atoms with E-state index in [1.807, 2.05) is 0 Å². The van der Waals surface area contributed by atoms with Gasteiger partial charge in [-0.05, 0) is 50.6 Å². The molecule has 1 heterocycles. The lowest BCUT2D eigenvalue weighted by molar-refractivity contribution is 0.0526. The molecule has 0 aliphatic heterocycles. The molecular formula is C19H19NO5S. The van der Waals surface area contributed by atoms with Gasteiger partial charge in [-0.15, -0.1) is 0 Å². The molecule has 0 amide bonds. The number of esters is 1. The van der Waals surface area contributed by atoms with E-state index in [1.165, 1.54) is 12.1 Å². The smallest absolute Gasteiger partial charge is 0.342 e. The van der Waals surface area contributed by atoms with E-state index >= 15 is 0 Å². The zero-order valence-corrected chi connectivity index (χ0v) is 15.5. The maximum absolute atomic E-state index is 12.6. The summed E-state index contributed by atoms with van der Waals surface area (Å²) in [5, 5.41) is 0.511. The monoisotopic (exact) mass is 373 g/mol. The lowest BCUT2D eigenvalue weighted by Gasteiger charge is -2.11. The summed E-state index contributed by atoms with van der Waals surface area (Å²) < 4.78 is 38.5.